The van der Waals surface area contributed by atoms with E-state index in [1.807, 2.05) is 19.1 Å². The van der Waals surface area contributed by atoms with Crippen molar-refractivity contribution < 1.29 is 28.5 Å². The van der Waals surface area contributed by atoms with E-state index in [0.717, 1.165) is 5.82 Å². The largest absolute Gasteiger partial charge is 0.394 e. The van der Waals surface area contributed by atoms with Gasteiger partial charge in [0, 0.05) is 26.2 Å². The minimum absolute atomic E-state index is 0.0776. The van der Waals surface area contributed by atoms with Crippen LogP contribution >= 0.6 is 0 Å². The quantitative estimate of drug-likeness (QED) is 0.406. The Labute approximate surface area is 220 Å². The topological polar surface area (TPSA) is 123 Å². The molecule has 1 atom stereocenters. The van der Waals surface area contributed by atoms with Crippen LogP contribution in [0.15, 0.2) is 42.0 Å². The minimum atomic E-state index is -1.66. The van der Waals surface area contributed by atoms with Gasteiger partial charge in [0.15, 0.2) is 0 Å². The van der Waals surface area contributed by atoms with E-state index in [-0.39, 0.29) is 56.4 Å². The van der Waals surface area contributed by atoms with Gasteiger partial charge in [0.05, 0.1) is 37.0 Å². The summed E-state index contributed by atoms with van der Waals surface area (Å²) in [6, 6.07) is 8.56. The van der Waals surface area contributed by atoms with Crippen LogP contribution < -0.4 is 20.4 Å². The number of pyridine rings is 2. The third-order valence-corrected chi connectivity index (χ3v) is 6.72. The molecule has 206 valence electrons. The van der Waals surface area contributed by atoms with Gasteiger partial charge in [-0.1, -0.05) is 6.07 Å². The molecule has 2 fully saturated rings. The second-order valence-corrected chi connectivity index (χ2v) is 9.88. The smallest absolute Gasteiger partial charge is 0.269 e. The number of morpholine rings is 1. The van der Waals surface area contributed by atoms with Gasteiger partial charge in [0.1, 0.15) is 23.3 Å². The predicted octanol–water partition coefficient (Wildman–Crippen LogP) is 2.86. The number of aliphatic hydroxyl groups excluding tert-OH is 2. The van der Waals surface area contributed by atoms with Gasteiger partial charge in [-0.3, -0.25) is 4.79 Å². The highest BCUT2D eigenvalue weighted by atomic mass is 19.3. The van der Waals surface area contributed by atoms with Crippen molar-refractivity contribution in [2.24, 2.45) is 0 Å². The van der Waals surface area contributed by atoms with Crippen molar-refractivity contribution in [3.05, 3.63) is 47.5 Å². The number of halogens is 2. The highest BCUT2D eigenvalue weighted by molar-refractivity contribution is 6.07. The Kier molecular flexibility index (Phi) is 8.75. The molecule has 1 amide bonds. The lowest BCUT2D eigenvalue weighted by molar-refractivity contribution is 0.0529. The normalized spacial score (nSPS) is 18.4. The first-order valence-electron chi connectivity index (χ1n) is 12.6. The van der Waals surface area contributed by atoms with E-state index in [0.29, 0.717) is 37.1 Å². The highest BCUT2D eigenvalue weighted by Gasteiger charge is 2.27. The van der Waals surface area contributed by atoms with Crippen LogP contribution in [0.1, 0.15) is 37.0 Å². The first kappa shape index (κ1) is 27.7. The molecule has 0 saturated carbocycles. The summed E-state index contributed by atoms with van der Waals surface area (Å²) in [5.74, 6) is 1.32. The highest BCUT2D eigenvalue weighted by Crippen LogP contribution is 2.29. The van der Waals surface area contributed by atoms with E-state index in [9.17, 15) is 23.8 Å². The van der Waals surface area contributed by atoms with Crippen molar-refractivity contribution in [1.82, 2.24) is 9.97 Å². The summed E-state index contributed by atoms with van der Waals surface area (Å²) in [6.07, 6.45) is -1.26. The number of aromatic nitrogens is 2. The number of carbonyl (C=O) groups is 1. The van der Waals surface area contributed by atoms with E-state index < -0.39 is 17.5 Å². The van der Waals surface area contributed by atoms with E-state index in [1.165, 1.54) is 0 Å². The van der Waals surface area contributed by atoms with Crippen LogP contribution in [0.2, 0.25) is 0 Å². The Morgan fingerprint density at radius 2 is 1.82 bits per heavy atom. The molecule has 0 unspecified atom stereocenters. The lowest BCUT2D eigenvalue weighted by atomic mass is 10.0. The number of nitrogens with zero attached hydrogens (tertiary/aromatic N) is 4. The molecule has 2 aromatic heterocycles. The Morgan fingerprint density at radius 3 is 2.47 bits per heavy atom. The van der Waals surface area contributed by atoms with Crippen LogP contribution in [0.25, 0.3) is 0 Å². The fraction of sp³-hybridized carbons (Fsp3) is 0.500. The van der Waals surface area contributed by atoms with Crippen LogP contribution in [-0.2, 0) is 4.74 Å². The molecule has 0 aliphatic carbocycles. The third-order valence-electron chi connectivity index (χ3n) is 6.72. The Hall–Kier alpha value is -3.35. The molecule has 2 aromatic rings. The van der Waals surface area contributed by atoms with E-state index >= 15 is 0 Å². The molecular formula is C26H34F2N6O4. The van der Waals surface area contributed by atoms with Crippen LogP contribution in [0.4, 0.5) is 32.1 Å². The van der Waals surface area contributed by atoms with Crippen molar-refractivity contribution >= 4 is 29.2 Å². The monoisotopic (exact) mass is 532 g/mol. The number of hydrogen-bond donors (Lipinski definition) is 4. The van der Waals surface area contributed by atoms with Crippen LogP contribution in [0.3, 0.4) is 0 Å². The van der Waals surface area contributed by atoms with E-state index in [2.05, 4.69) is 25.5 Å². The number of hydrogen-bond acceptors (Lipinski definition) is 9. The Balaban J connectivity index is 1.59. The second kappa shape index (κ2) is 12.0. The first-order chi connectivity index (χ1) is 18.2. The summed E-state index contributed by atoms with van der Waals surface area (Å²) in [4.78, 5) is 26.5. The third kappa shape index (κ3) is 6.55. The summed E-state index contributed by atoms with van der Waals surface area (Å²) in [7, 11) is 0. The second-order valence-electron chi connectivity index (χ2n) is 9.88. The predicted molar refractivity (Wildman–Crippen MR) is 141 cm³/mol. The van der Waals surface area contributed by atoms with Crippen LogP contribution in [0.5, 0.6) is 0 Å². The van der Waals surface area contributed by atoms with Crippen molar-refractivity contribution in [3.63, 3.8) is 0 Å². The van der Waals surface area contributed by atoms with Crippen molar-refractivity contribution in [3.8, 4) is 0 Å². The molecule has 0 bridgehead atoms. The molecular weight excluding hydrogens is 498 g/mol. The summed E-state index contributed by atoms with van der Waals surface area (Å²) < 4.78 is 31.8. The molecule has 12 heteroatoms. The summed E-state index contributed by atoms with van der Waals surface area (Å²) in [5.41, 5.74) is -0.677. The van der Waals surface area contributed by atoms with Gasteiger partial charge in [0.2, 0.25) is 0 Å². The number of rotatable bonds is 8. The van der Waals surface area contributed by atoms with Gasteiger partial charge < -0.3 is 35.4 Å². The zero-order valence-corrected chi connectivity index (χ0v) is 21.6. The summed E-state index contributed by atoms with van der Waals surface area (Å²) in [5, 5.41) is 25.2. The van der Waals surface area contributed by atoms with E-state index in [1.54, 1.807) is 30.0 Å². The molecule has 4 N–H and O–H groups in total. The maximum absolute atomic E-state index is 13.4. The van der Waals surface area contributed by atoms with Gasteiger partial charge >= 0.3 is 0 Å². The molecule has 0 aromatic carbocycles. The average Bonchev–Trinajstić information content (AvgIpc) is 2.93. The fourth-order valence-electron chi connectivity index (χ4n) is 4.43. The molecule has 4 heterocycles. The SMILES string of the molecule is C[C@@H]1CN(c2cccc(NC(=O)c3ccc(NC(C)(CO)CO)nc3N3CCC(=C(F)F)CC3)n2)CCO1. The lowest BCUT2D eigenvalue weighted by Gasteiger charge is -2.32. The Bertz CT molecular complexity index is 1160. The van der Waals surface area contributed by atoms with Crippen LogP contribution in [0, 0.1) is 0 Å². The van der Waals surface area contributed by atoms with E-state index in [4.69, 9.17) is 4.74 Å². The van der Waals surface area contributed by atoms with Crippen molar-refractivity contribution in [2.45, 2.75) is 38.3 Å². The number of amides is 1. The van der Waals surface area contributed by atoms with Gasteiger partial charge in [0.25, 0.3) is 12.0 Å². The van der Waals surface area contributed by atoms with Crippen molar-refractivity contribution in [2.75, 3.05) is 66.4 Å². The minimum Gasteiger partial charge on any atom is -0.394 e. The number of nitrogens with one attached hydrogen (secondary N) is 2. The molecule has 0 spiro atoms. The summed E-state index contributed by atoms with van der Waals surface area (Å²) in [6.45, 7) is 5.45. The maximum Gasteiger partial charge on any atom is 0.269 e. The number of piperidine rings is 1. The average molecular weight is 533 g/mol. The number of aliphatic hydroxyl groups is 2. The molecule has 2 saturated heterocycles. The maximum atomic E-state index is 13.4. The van der Waals surface area contributed by atoms with Gasteiger partial charge in [-0.2, -0.15) is 8.78 Å². The lowest BCUT2D eigenvalue weighted by Crippen LogP contribution is -2.43. The summed E-state index contributed by atoms with van der Waals surface area (Å²) >= 11 is 0. The standard InChI is InChI=1S/C26H34F2N6O4/c1-17-14-34(12-13-38-17)22-5-3-4-20(29-22)31-25(37)19-6-7-21(32-26(2,15-35)16-36)30-24(19)33-10-8-18(9-11-33)23(27)28/h3-7,17,35-36H,8-16H2,1-2H3,(H,30,32)(H,29,31,37)/t17-/m1/s1. The molecule has 2 aliphatic rings. The van der Waals surface area contributed by atoms with Gasteiger partial charge in [-0.05, 0) is 56.5 Å². The number of carbonyl (C=O) groups excluding carboxylic acids is 1. The zero-order valence-electron chi connectivity index (χ0n) is 21.6. The van der Waals surface area contributed by atoms with Gasteiger partial charge in [-0.25, -0.2) is 9.97 Å². The molecule has 0 radical (unpaired) electrons. The van der Waals surface area contributed by atoms with Gasteiger partial charge in [-0.15, -0.1) is 0 Å². The van der Waals surface area contributed by atoms with Crippen molar-refractivity contribution in [1.29, 1.82) is 0 Å². The molecule has 2 aliphatic heterocycles. The first-order valence-corrected chi connectivity index (χ1v) is 12.6. The van der Waals surface area contributed by atoms with Crippen LogP contribution in [-0.4, -0.2) is 83.7 Å². The molecule has 10 nitrogen and oxygen atoms in total. The fourth-order valence-corrected chi connectivity index (χ4v) is 4.43. The Morgan fingerprint density at radius 1 is 1.08 bits per heavy atom. The molecule has 38 heavy (non-hydrogen) atoms. The molecule has 4 rings (SSSR count). The number of anilines is 4. The zero-order chi connectivity index (χ0) is 27.3. The number of ether oxygens (including phenoxy) is 1.